The second kappa shape index (κ2) is 3.33. The second-order valence-corrected chi connectivity index (χ2v) is 3.98. The minimum absolute atomic E-state index is 0.294. The van der Waals surface area contributed by atoms with E-state index in [9.17, 15) is 9.50 Å². The lowest BCUT2D eigenvalue weighted by Crippen LogP contribution is -2.11. The Labute approximate surface area is 82.0 Å². The largest absolute Gasteiger partial charge is 0.392 e. The summed E-state index contributed by atoms with van der Waals surface area (Å²) in [4.78, 5) is 0. The average Bonchev–Trinajstić information content (AvgIpc) is 2.87. The molecular weight excluding hydrogens is 183 g/mol. The van der Waals surface area contributed by atoms with Gasteiger partial charge in [0.05, 0.1) is 12.2 Å². The van der Waals surface area contributed by atoms with Gasteiger partial charge >= 0.3 is 0 Å². The maximum Gasteiger partial charge on any atom is 0.128 e. The van der Waals surface area contributed by atoms with Crippen LogP contribution in [0.5, 0.6) is 0 Å². The van der Waals surface area contributed by atoms with Crippen LogP contribution in [-0.2, 0) is 13.0 Å². The lowest BCUT2D eigenvalue weighted by Gasteiger charge is -2.08. The Balaban J connectivity index is 2.18. The molecule has 0 unspecified atom stereocenters. The molecule has 1 aromatic carbocycles. The van der Waals surface area contributed by atoms with Gasteiger partial charge in [0.1, 0.15) is 5.82 Å². The van der Waals surface area contributed by atoms with Crippen molar-refractivity contribution in [2.75, 3.05) is 0 Å². The zero-order chi connectivity index (χ0) is 10.2. The Kier molecular flexibility index (Phi) is 2.29. The summed E-state index contributed by atoms with van der Waals surface area (Å²) in [5, 5.41) is 18.5. The van der Waals surface area contributed by atoms with Gasteiger partial charge in [-0.3, -0.25) is 0 Å². The van der Waals surface area contributed by atoms with Gasteiger partial charge in [0, 0.05) is 12.0 Å². The maximum atomic E-state index is 13.0. The van der Waals surface area contributed by atoms with Gasteiger partial charge in [0.2, 0.25) is 0 Å². The van der Waals surface area contributed by atoms with E-state index in [1.54, 1.807) is 12.1 Å². The number of rotatable bonds is 3. The molecule has 0 saturated heterocycles. The monoisotopic (exact) mass is 196 g/mol. The topological polar surface area (TPSA) is 40.5 Å². The van der Waals surface area contributed by atoms with Crippen molar-refractivity contribution in [1.29, 1.82) is 0 Å². The highest BCUT2D eigenvalue weighted by atomic mass is 19.1. The van der Waals surface area contributed by atoms with Crippen LogP contribution < -0.4 is 0 Å². The number of benzene rings is 1. The van der Waals surface area contributed by atoms with E-state index in [1.165, 1.54) is 6.07 Å². The Bertz CT molecular complexity index is 345. The van der Waals surface area contributed by atoms with Crippen LogP contribution in [0.3, 0.4) is 0 Å². The molecule has 2 nitrogen and oxygen atoms in total. The first-order chi connectivity index (χ1) is 6.63. The van der Waals surface area contributed by atoms with Gasteiger partial charge in [0.25, 0.3) is 0 Å². The van der Waals surface area contributed by atoms with Crippen molar-refractivity contribution in [3.05, 3.63) is 35.1 Å². The first kappa shape index (κ1) is 9.62. The van der Waals surface area contributed by atoms with Crippen molar-refractivity contribution < 1.29 is 14.6 Å². The highest BCUT2D eigenvalue weighted by Crippen LogP contribution is 2.38. The van der Waals surface area contributed by atoms with Gasteiger partial charge in [-0.25, -0.2) is 4.39 Å². The van der Waals surface area contributed by atoms with Crippen LogP contribution in [0.4, 0.5) is 4.39 Å². The lowest BCUT2D eigenvalue weighted by atomic mass is 10.0. The molecule has 0 aromatic heterocycles. The highest BCUT2D eigenvalue weighted by molar-refractivity contribution is 5.26. The van der Waals surface area contributed by atoms with Gasteiger partial charge < -0.3 is 10.2 Å². The molecule has 0 radical (unpaired) electrons. The quantitative estimate of drug-likeness (QED) is 0.766. The molecule has 76 valence electrons. The van der Waals surface area contributed by atoms with Crippen LogP contribution in [0.2, 0.25) is 0 Å². The first-order valence-corrected chi connectivity index (χ1v) is 4.73. The van der Waals surface area contributed by atoms with Crippen molar-refractivity contribution in [3.63, 3.8) is 0 Å². The van der Waals surface area contributed by atoms with Crippen LogP contribution in [0.1, 0.15) is 24.0 Å². The summed E-state index contributed by atoms with van der Waals surface area (Å²) in [7, 11) is 0. The fourth-order valence-electron chi connectivity index (χ4n) is 1.56. The minimum atomic E-state index is -0.565. The Hall–Kier alpha value is -0.930. The molecule has 14 heavy (non-hydrogen) atoms. The molecule has 1 aromatic rings. The van der Waals surface area contributed by atoms with E-state index in [2.05, 4.69) is 0 Å². The molecule has 2 N–H and O–H groups in total. The number of aliphatic hydroxyl groups excluding tert-OH is 1. The molecule has 0 aliphatic heterocycles. The minimum Gasteiger partial charge on any atom is -0.392 e. The molecule has 1 aliphatic rings. The molecule has 0 bridgehead atoms. The van der Waals surface area contributed by atoms with Crippen LogP contribution in [0.25, 0.3) is 0 Å². The van der Waals surface area contributed by atoms with Crippen LogP contribution in [0, 0.1) is 5.82 Å². The maximum absolute atomic E-state index is 13.0. The van der Waals surface area contributed by atoms with Crippen molar-refractivity contribution in [3.8, 4) is 0 Å². The predicted molar refractivity (Wildman–Crippen MR) is 50.2 cm³/mol. The van der Waals surface area contributed by atoms with E-state index in [0.29, 0.717) is 12.0 Å². The second-order valence-electron chi connectivity index (χ2n) is 3.98. The Morgan fingerprint density at radius 3 is 2.64 bits per heavy atom. The number of hydrogen-bond donors (Lipinski definition) is 2. The number of hydrogen-bond acceptors (Lipinski definition) is 2. The SMILES string of the molecule is OCc1cc(CC2(O)CC2)ccc1F. The third kappa shape index (κ3) is 1.94. The standard InChI is InChI=1S/C11H13FO2/c12-10-2-1-8(5-9(10)7-13)6-11(14)3-4-11/h1-2,5,13-14H,3-4,6-7H2. The van der Waals surface area contributed by atoms with Gasteiger partial charge in [-0.2, -0.15) is 0 Å². The van der Waals surface area contributed by atoms with E-state index in [0.717, 1.165) is 18.4 Å². The highest BCUT2D eigenvalue weighted by Gasteiger charge is 2.40. The summed E-state index contributed by atoms with van der Waals surface area (Å²) in [5.74, 6) is -0.390. The molecule has 0 atom stereocenters. The van der Waals surface area contributed by atoms with Crippen molar-refractivity contribution in [1.82, 2.24) is 0 Å². The van der Waals surface area contributed by atoms with Crippen molar-refractivity contribution in [2.24, 2.45) is 0 Å². The first-order valence-electron chi connectivity index (χ1n) is 4.73. The lowest BCUT2D eigenvalue weighted by molar-refractivity contribution is 0.151. The van der Waals surface area contributed by atoms with Crippen molar-refractivity contribution in [2.45, 2.75) is 31.5 Å². The summed E-state index contributed by atoms with van der Waals surface area (Å²) < 4.78 is 13.0. The van der Waals surface area contributed by atoms with Crippen LogP contribution in [-0.4, -0.2) is 15.8 Å². The summed E-state index contributed by atoms with van der Waals surface area (Å²) in [6.45, 7) is -0.294. The fraction of sp³-hybridized carbons (Fsp3) is 0.455. The van der Waals surface area contributed by atoms with E-state index in [-0.39, 0.29) is 12.4 Å². The molecular formula is C11H13FO2. The molecule has 1 saturated carbocycles. The summed E-state index contributed by atoms with van der Waals surface area (Å²) >= 11 is 0. The van der Waals surface area contributed by atoms with Crippen LogP contribution in [0.15, 0.2) is 18.2 Å². The molecule has 3 heteroatoms. The summed E-state index contributed by atoms with van der Waals surface area (Å²) in [6, 6.07) is 4.61. The zero-order valence-electron chi connectivity index (χ0n) is 7.83. The molecule has 1 aliphatic carbocycles. The summed E-state index contributed by atoms with van der Waals surface area (Å²) in [6.07, 6.45) is 2.19. The van der Waals surface area contributed by atoms with Crippen molar-refractivity contribution >= 4 is 0 Å². The van der Waals surface area contributed by atoms with Crippen LogP contribution >= 0.6 is 0 Å². The molecule has 1 fully saturated rings. The van der Waals surface area contributed by atoms with Gasteiger partial charge in [0.15, 0.2) is 0 Å². The van der Waals surface area contributed by atoms with Gasteiger partial charge in [-0.1, -0.05) is 12.1 Å². The van der Waals surface area contributed by atoms with E-state index >= 15 is 0 Å². The normalized spacial score (nSPS) is 18.2. The summed E-state index contributed by atoms with van der Waals surface area (Å²) in [5.41, 5.74) is 0.618. The van der Waals surface area contributed by atoms with E-state index in [4.69, 9.17) is 5.11 Å². The third-order valence-electron chi connectivity index (χ3n) is 2.64. The number of halogens is 1. The van der Waals surface area contributed by atoms with Gasteiger partial charge in [-0.05, 0) is 24.5 Å². The predicted octanol–water partition coefficient (Wildman–Crippen LogP) is 1.39. The third-order valence-corrected chi connectivity index (χ3v) is 2.64. The fourth-order valence-corrected chi connectivity index (χ4v) is 1.56. The molecule has 0 spiro atoms. The Morgan fingerprint density at radius 1 is 1.36 bits per heavy atom. The smallest absolute Gasteiger partial charge is 0.128 e. The van der Waals surface area contributed by atoms with E-state index < -0.39 is 5.60 Å². The molecule has 2 rings (SSSR count). The zero-order valence-corrected chi connectivity index (χ0v) is 7.83. The molecule has 0 amide bonds. The molecule has 0 heterocycles. The average molecular weight is 196 g/mol. The number of aliphatic hydroxyl groups is 2. The van der Waals surface area contributed by atoms with E-state index in [1.807, 2.05) is 0 Å². The van der Waals surface area contributed by atoms with Gasteiger partial charge in [-0.15, -0.1) is 0 Å². The Morgan fingerprint density at radius 2 is 2.07 bits per heavy atom.